The highest BCUT2D eigenvalue weighted by molar-refractivity contribution is 6.37. The van der Waals surface area contributed by atoms with Crippen LogP contribution in [0.1, 0.15) is 13.8 Å². The molecule has 0 aliphatic carbocycles. The topological polar surface area (TPSA) is 56.0 Å². The molecular weight excluding hydrogens is 247 g/mol. The van der Waals surface area contributed by atoms with Gasteiger partial charge in [0.1, 0.15) is 22.6 Å². The average molecular weight is 257 g/mol. The number of fused-ring (bicyclic) bond motifs is 1. The Hall–Kier alpha value is -1.75. The van der Waals surface area contributed by atoms with Crippen molar-refractivity contribution in [3.63, 3.8) is 0 Å². The third-order valence-corrected chi connectivity index (χ3v) is 2.36. The molecule has 1 heterocycles. The second-order valence-corrected chi connectivity index (χ2v) is 3.23. The lowest BCUT2D eigenvalue weighted by Crippen LogP contribution is -1.93. The highest BCUT2D eigenvalue weighted by atomic mass is 35.5. The van der Waals surface area contributed by atoms with Crippen molar-refractivity contribution < 1.29 is 9.31 Å². The van der Waals surface area contributed by atoms with Crippen LogP contribution in [0.25, 0.3) is 10.9 Å². The molecule has 2 aromatic rings. The number of halogens is 2. The Morgan fingerprint density at radius 3 is 2.65 bits per heavy atom. The van der Waals surface area contributed by atoms with E-state index in [1.165, 1.54) is 18.2 Å². The molecule has 0 radical (unpaired) electrons. The van der Waals surface area contributed by atoms with Crippen molar-refractivity contribution in [2.24, 2.45) is 0 Å². The summed E-state index contributed by atoms with van der Waals surface area (Å²) in [4.78, 5) is 13.5. The van der Waals surface area contributed by atoms with Crippen LogP contribution in [0.2, 0.25) is 5.02 Å². The molecule has 0 saturated carbocycles. The smallest absolute Gasteiger partial charge is 0.258 e. The van der Waals surface area contributed by atoms with Crippen LogP contribution in [0.5, 0.6) is 0 Å². The van der Waals surface area contributed by atoms with Crippen LogP contribution in [-0.4, -0.2) is 9.91 Å². The van der Waals surface area contributed by atoms with Crippen LogP contribution in [0, 0.1) is 15.9 Å². The fourth-order valence-corrected chi connectivity index (χ4v) is 1.54. The number of hydrogen-bond donors (Lipinski definition) is 0. The number of pyridine rings is 1. The van der Waals surface area contributed by atoms with Crippen molar-refractivity contribution in [3.05, 3.63) is 45.4 Å². The van der Waals surface area contributed by atoms with E-state index >= 15 is 0 Å². The number of hydrogen-bond acceptors (Lipinski definition) is 3. The van der Waals surface area contributed by atoms with Crippen molar-refractivity contribution in [2.45, 2.75) is 13.8 Å². The second kappa shape index (κ2) is 5.54. The predicted molar refractivity (Wildman–Crippen MR) is 64.7 cm³/mol. The van der Waals surface area contributed by atoms with Gasteiger partial charge in [0.2, 0.25) is 0 Å². The first-order valence-corrected chi connectivity index (χ1v) is 5.36. The highest BCUT2D eigenvalue weighted by Gasteiger charge is 2.17. The summed E-state index contributed by atoms with van der Waals surface area (Å²) in [6.45, 7) is 4.00. The maximum Gasteiger partial charge on any atom is 0.306 e. The lowest BCUT2D eigenvalue weighted by atomic mass is 10.2. The number of nitro groups is 1. The molecule has 0 aliphatic heterocycles. The van der Waals surface area contributed by atoms with Crippen LogP contribution in [0.3, 0.4) is 0 Å². The van der Waals surface area contributed by atoms with Crippen LogP contribution >= 0.6 is 11.6 Å². The van der Waals surface area contributed by atoms with E-state index < -0.39 is 10.7 Å². The van der Waals surface area contributed by atoms with Crippen LogP contribution < -0.4 is 0 Å². The zero-order chi connectivity index (χ0) is 13.0. The van der Waals surface area contributed by atoms with Gasteiger partial charge in [0.25, 0.3) is 0 Å². The average Bonchev–Trinajstić information content (AvgIpc) is 2.33. The minimum atomic E-state index is -0.653. The van der Waals surface area contributed by atoms with Crippen LogP contribution in [-0.2, 0) is 0 Å². The monoisotopic (exact) mass is 256 g/mol. The van der Waals surface area contributed by atoms with E-state index in [-0.39, 0.29) is 21.6 Å². The molecule has 2 rings (SSSR count). The SMILES string of the molecule is CC.O=[N+]([O-])c1cnc2c(F)cccc2c1Cl. The van der Waals surface area contributed by atoms with Crippen molar-refractivity contribution in [3.8, 4) is 0 Å². The van der Waals surface area contributed by atoms with E-state index in [2.05, 4.69) is 4.98 Å². The van der Waals surface area contributed by atoms with E-state index in [1.54, 1.807) is 0 Å². The van der Waals surface area contributed by atoms with E-state index in [0.717, 1.165) is 6.20 Å². The largest absolute Gasteiger partial charge is 0.306 e. The third kappa shape index (κ3) is 2.50. The Bertz CT molecular complexity index is 560. The zero-order valence-electron chi connectivity index (χ0n) is 9.28. The van der Waals surface area contributed by atoms with E-state index in [1.807, 2.05) is 13.8 Å². The first kappa shape index (κ1) is 13.3. The van der Waals surface area contributed by atoms with Gasteiger partial charge in [0.15, 0.2) is 0 Å². The number of benzene rings is 1. The van der Waals surface area contributed by atoms with Gasteiger partial charge in [-0.25, -0.2) is 9.37 Å². The fraction of sp³-hybridized carbons (Fsp3) is 0.182. The first-order chi connectivity index (χ1) is 8.11. The molecule has 0 spiro atoms. The van der Waals surface area contributed by atoms with Gasteiger partial charge in [-0.2, -0.15) is 0 Å². The summed E-state index contributed by atoms with van der Waals surface area (Å²) in [5, 5.41) is 10.7. The van der Waals surface area contributed by atoms with Gasteiger partial charge >= 0.3 is 5.69 Å². The Morgan fingerprint density at radius 2 is 2.06 bits per heavy atom. The quantitative estimate of drug-likeness (QED) is 0.573. The molecule has 4 nitrogen and oxygen atoms in total. The maximum absolute atomic E-state index is 13.2. The van der Waals surface area contributed by atoms with Gasteiger partial charge in [0, 0.05) is 5.39 Å². The predicted octanol–water partition coefficient (Wildman–Crippen LogP) is 3.96. The van der Waals surface area contributed by atoms with Crippen molar-refractivity contribution >= 4 is 28.2 Å². The van der Waals surface area contributed by atoms with E-state index in [0.29, 0.717) is 0 Å². The minimum Gasteiger partial charge on any atom is -0.258 e. The second-order valence-electron chi connectivity index (χ2n) is 2.85. The molecule has 1 aromatic heterocycles. The fourth-order valence-electron chi connectivity index (χ4n) is 1.27. The molecule has 0 atom stereocenters. The number of aromatic nitrogens is 1. The van der Waals surface area contributed by atoms with Gasteiger partial charge < -0.3 is 0 Å². The van der Waals surface area contributed by atoms with E-state index in [9.17, 15) is 14.5 Å². The van der Waals surface area contributed by atoms with E-state index in [4.69, 9.17) is 11.6 Å². The van der Waals surface area contributed by atoms with Gasteiger partial charge in [-0.15, -0.1) is 0 Å². The molecule has 0 aliphatic rings. The summed E-state index contributed by atoms with van der Waals surface area (Å²) in [7, 11) is 0. The van der Waals surface area contributed by atoms with Crippen molar-refractivity contribution in [1.29, 1.82) is 0 Å². The van der Waals surface area contributed by atoms with Gasteiger partial charge in [-0.05, 0) is 6.07 Å². The summed E-state index contributed by atoms with van der Waals surface area (Å²) < 4.78 is 13.2. The molecule has 1 aromatic carbocycles. The molecular formula is C11H10ClFN2O2. The van der Waals surface area contributed by atoms with Crippen molar-refractivity contribution in [1.82, 2.24) is 4.98 Å². The Balaban J connectivity index is 0.000000686. The normalized spacial score (nSPS) is 9.65. The summed E-state index contributed by atoms with van der Waals surface area (Å²) in [5.41, 5.74) is -0.289. The first-order valence-electron chi connectivity index (χ1n) is 4.98. The summed E-state index contributed by atoms with van der Waals surface area (Å²) in [5.74, 6) is -0.552. The van der Waals surface area contributed by atoms with Gasteiger partial charge in [0.05, 0.1) is 4.92 Å². The standard InChI is InChI=1S/C9H4ClFN2O2.C2H6/c10-8-5-2-1-3-6(11)9(5)12-4-7(8)13(14)15;1-2/h1-4H;1-2H3. The number of para-hydroxylation sites is 1. The molecule has 90 valence electrons. The molecule has 0 saturated heterocycles. The molecule has 0 amide bonds. The molecule has 17 heavy (non-hydrogen) atoms. The molecule has 0 unspecified atom stereocenters. The Labute approximate surface area is 102 Å². The third-order valence-electron chi connectivity index (χ3n) is 1.96. The molecule has 0 fully saturated rings. The lowest BCUT2D eigenvalue weighted by molar-refractivity contribution is -0.384. The van der Waals surface area contributed by atoms with Crippen molar-refractivity contribution in [2.75, 3.05) is 0 Å². The van der Waals surface area contributed by atoms with Crippen LogP contribution in [0.4, 0.5) is 10.1 Å². The van der Waals surface area contributed by atoms with Gasteiger partial charge in [-0.3, -0.25) is 10.1 Å². The summed E-state index contributed by atoms with van der Waals surface area (Å²) in [6.07, 6.45) is 0.952. The highest BCUT2D eigenvalue weighted by Crippen LogP contribution is 2.31. The number of nitrogens with zero attached hydrogens (tertiary/aromatic N) is 2. The number of rotatable bonds is 1. The van der Waals surface area contributed by atoms with Crippen LogP contribution in [0.15, 0.2) is 24.4 Å². The Kier molecular flexibility index (Phi) is 4.34. The summed E-state index contributed by atoms with van der Waals surface area (Å²) >= 11 is 5.76. The summed E-state index contributed by atoms with van der Waals surface area (Å²) in [6, 6.07) is 4.13. The molecule has 0 bridgehead atoms. The zero-order valence-corrected chi connectivity index (χ0v) is 10.0. The van der Waals surface area contributed by atoms with Gasteiger partial charge in [-0.1, -0.05) is 37.6 Å². The minimum absolute atomic E-state index is 0.0353. The Morgan fingerprint density at radius 1 is 1.41 bits per heavy atom. The molecule has 0 N–H and O–H groups in total. The maximum atomic E-state index is 13.2. The lowest BCUT2D eigenvalue weighted by Gasteiger charge is -2.00. The molecule has 6 heteroatoms.